The van der Waals surface area contributed by atoms with Crippen molar-refractivity contribution in [2.24, 2.45) is 0 Å². The van der Waals surface area contributed by atoms with Gasteiger partial charge in [-0.3, -0.25) is 9.78 Å². The zero-order valence-corrected chi connectivity index (χ0v) is 29.2. The highest BCUT2D eigenvalue weighted by Gasteiger charge is 2.32. The maximum Gasteiger partial charge on any atom is 1.00 e. The SMILES string of the molecule is C=CC1=C(C)c2cc3nc(c(CC(=O)N[C@@H](CC(=O)[O-])C(=O)[O-])c4[n-]c(cc5[n-]c(cc1n2)c(C)c5CC)c(C)c4C(=O)[O-])[C@@H](CCC(=O)[O-])[C@@H]3C.[H+].[H+].[H+]. The van der Waals surface area contributed by atoms with Crippen LogP contribution in [0.5, 0.6) is 0 Å². The predicted molar refractivity (Wildman–Crippen MR) is 184 cm³/mol. The van der Waals surface area contributed by atoms with Crippen LogP contribution in [0.2, 0.25) is 0 Å². The number of aliphatic carboxylic acids is 3. The number of aryl methyl sites for hydroxylation is 3. The van der Waals surface area contributed by atoms with Crippen molar-refractivity contribution in [3.8, 4) is 0 Å². The van der Waals surface area contributed by atoms with Gasteiger partial charge in [0.2, 0.25) is 5.91 Å². The lowest BCUT2D eigenvalue weighted by atomic mass is 9.85. The van der Waals surface area contributed by atoms with Gasteiger partial charge in [-0.15, -0.1) is 22.1 Å². The molecule has 3 atom stereocenters. The van der Waals surface area contributed by atoms with E-state index in [1.54, 1.807) is 25.1 Å². The van der Waals surface area contributed by atoms with Gasteiger partial charge in [-0.05, 0) is 62.8 Å². The van der Waals surface area contributed by atoms with Crippen LogP contribution in [-0.2, 0) is 32.0 Å². The topological polar surface area (TPSA) is 244 Å². The number of amides is 1. The third-order valence-electron chi connectivity index (χ3n) is 9.77. The number of fused-ring (bicyclic) bond motifs is 8. The molecule has 52 heavy (non-hydrogen) atoms. The number of aromatic nitrogens is 4. The maximum atomic E-state index is 13.5. The fourth-order valence-electron chi connectivity index (χ4n) is 6.96. The average molecular weight is 709 g/mol. The molecule has 1 amide bonds. The number of hydrogen-bond donors (Lipinski definition) is 1. The Morgan fingerprint density at radius 3 is 2.21 bits per heavy atom. The maximum absolute atomic E-state index is 13.5. The molecule has 8 bridgehead atoms. The number of nitrogens with zero attached hydrogens (tertiary/aromatic N) is 4. The standard InChI is InChI=1S/C38H41N5O9/c1-7-20-16(3)24-12-26-18(5)22(9-10-32(45)46)35(42-26)23(11-31(44)41-30(37(49)50)15-33(47)48)36-34(38(51)52)19(6)27(43-36)14-29-21(8-2)17(4)25(40-29)13-28(20)39-24/h7,12-14,18,22,30H,1,8-11,15H2,2-6H3,(H7,39,40,41,42,43,44,45,46,47,48,49,50,51,52)/p-3/t18-,22-,30-/m0/s1. The van der Waals surface area contributed by atoms with Crippen LogP contribution in [0, 0.1) is 13.8 Å². The van der Waals surface area contributed by atoms with Crippen molar-refractivity contribution >= 4 is 63.0 Å². The quantitative estimate of drug-likeness (QED) is 0.259. The van der Waals surface area contributed by atoms with Crippen LogP contribution in [-0.4, -0.2) is 45.8 Å². The van der Waals surface area contributed by atoms with Crippen LogP contribution in [0.1, 0.15) is 112 Å². The molecule has 5 rings (SSSR count). The number of carbonyl (C=O) groups is 5. The van der Waals surface area contributed by atoms with Gasteiger partial charge in [0.1, 0.15) is 0 Å². The summed E-state index contributed by atoms with van der Waals surface area (Å²) in [5.41, 5.74) is 5.99. The van der Waals surface area contributed by atoms with Crippen molar-refractivity contribution in [2.45, 2.75) is 84.6 Å². The number of rotatable bonds is 12. The van der Waals surface area contributed by atoms with E-state index in [1.165, 1.54) is 6.92 Å². The molecule has 0 unspecified atom stereocenters. The van der Waals surface area contributed by atoms with E-state index in [0.29, 0.717) is 34.5 Å². The molecule has 2 aliphatic rings. The molecule has 0 saturated carbocycles. The Hall–Kier alpha value is -6.05. The average Bonchev–Trinajstić information content (AvgIpc) is 3.74. The van der Waals surface area contributed by atoms with Gasteiger partial charge in [0.15, 0.2) is 0 Å². The van der Waals surface area contributed by atoms with Gasteiger partial charge in [0.25, 0.3) is 0 Å². The molecule has 0 radical (unpaired) electrons. The van der Waals surface area contributed by atoms with Crippen molar-refractivity contribution in [3.05, 3.63) is 81.4 Å². The van der Waals surface area contributed by atoms with Crippen LogP contribution in [0.25, 0.3) is 33.2 Å². The first-order valence-corrected chi connectivity index (χ1v) is 16.7. The molecule has 0 aromatic carbocycles. The zero-order chi connectivity index (χ0) is 38.2. The van der Waals surface area contributed by atoms with Gasteiger partial charge < -0.3 is 54.9 Å². The number of carbonyl (C=O) groups excluding carboxylic acids is 5. The van der Waals surface area contributed by atoms with Crippen LogP contribution in [0.4, 0.5) is 0 Å². The molecule has 1 N–H and O–H groups in total. The summed E-state index contributed by atoms with van der Waals surface area (Å²) in [7, 11) is 0. The molecule has 0 aliphatic carbocycles. The first-order chi connectivity index (χ1) is 24.6. The summed E-state index contributed by atoms with van der Waals surface area (Å²) in [5.74, 6) is -8.82. The van der Waals surface area contributed by atoms with Gasteiger partial charge in [-0.25, -0.2) is 4.98 Å². The normalized spacial score (nSPS) is 16.0. The van der Waals surface area contributed by atoms with Gasteiger partial charge in [-0.2, -0.15) is 0 Å². The largest absolute Gasteiger partial charge is 1.00 e. The minimum atomic E-state index is -1.97. The molecule has 14 nitrogen and oxygen atoms in total. The van der Waals surface area contributed by atoms with Crippen molar-refractivity contribution in [1.82, 2.24) is 25.3 Å². The number of aromatic carboxylic acids is 1. The van der Waals surface area contributed by atoms with E-state index in [-0.39, 0.29) is 44.1 Å². The highest BCUT2D eigenvalue weighted by atomic mass is 16.4. The summed E-state index contributed by atoms with van der Waals surface area (Å²) in [6, 6.07) is 3.25. The molecule has 2 aliphatic heterocycles. The second-order valence-electron chi connectivity index (χ2n) is 12.9. The minimum absolute atomic E-state index is 0. The Kier molecular flexibility index (Phi) is 10.5. The molecule has 14 heteroatoms. The van der Waals surface area contributed by atoms with Crippen LogP contribution in [0.15, 0.2) is 30.9 Å². The molecule has 0 spiro atoms. The number of carboxylic acids is 4. The van der Waals surface area contributed by atoms with E-state index < -0.39 is 66.9 Å². The summed E-state index contributed by atoms with van der Waals surface area (Å²) in [5, 5.41) is 49.6. The van der Waals surface area contributed by atoms with Gasteiger partial charge >= 0.3 is 4.28 Å². The molecular formula is C38H38N5O9-3. The summed E-state index contributed by atoms with van der Waals surface area (Å²) in [6.07, 6.45) is 0.0207. The Balaban J connectivity index is 0.00000348. The van der Waals surface area contributed by atoms with Crippen molar-refractivity contribution < 1.29 is 48.7 Å². The van der Waals surface area contributed by atoms with Crippen molar-refractivity contribution in [1.29, 1.82) is 0 Å². The Bertz CT molecular complexity index is 2260. The highest BCUT2D eigenvalue weighted by molar-refractivity contribution is 6.02. The van der Waals surface area contributed by atoms with Gasteiger partial charge in [0, 0.05) is 47.2 Å². The molecule has 272 valence electrons. The van der Waals surface area contributed by atoms with E-state index in [0.717, 1.165) is 22.3 Å². The molecule has 3 aromatic heterocycles. The van der Waals surface area contributed by atoms with E-state index >= 15 is 0 Å². The Morgan fingerprint density at radius 1 is 0.923 bits per heavy atom. The lowest BCUT2D eigenvalue weighted by Gasteiger charge is -2.23. The molecule has 3 aromatic rings. The third kappa shape index (κ3) is 7.09. The van der Waals surface area contributed by atoms with Crippen LogP contribution < -0.4 is 35.7 Å². The summed E-state index contributed by atoms with van der Waals surface area (Å²) in [4.78, 5) is 80.3. The lowest BCUT2D eigenvalue weighted by Crippen LogP contribution is -2.50. The first kappa shape index (κ1) is 37.2. The summed E-state index contributed by atoms with van der Waals surface area (Å²) in [6.45, 7) is 13.0. The fraction of sp³-hybridized carbons (Fsp3) is 0.342. The zero-order valence-electron chi connectivity index (χ0n) is 32.2. The molecule has 5 heterocycles. The van der Waals surface area contributed by atoms with E-state index in [2.05, 4.69) is 11.9 Å². The molecule has 0 saturated heterocycles. The smallest absolute Gasteiger partial charge is 0.657 e. The number of carboxylic acid groups (broad SMARTS) is 4. The summed E-state index contributed by atoms with van der Waals surface area (Å²) < 4.78 is 0. The second kappa shape index (κ2) is 14.7. The van der Waals surface area contributed by atoms with Crippen LogP contribution >= 0.6 is 0 Å². The van der Waals surface area contributed by atoms with E-state index in [1.807, 2.05) is 26.8 Å². The lowest BCUT2D eigenvalue weighted by molar-refractivity contribution is -0.317. The number of hydrogen-bond acceptors (Lipinski definition) is 11. The van der Waals surface area contributed by atoms with Gasteiger partial charge in [0.05, 0.1) is 35.8 Å². The van der Waals surface area contributed by atoms with E-state index in [4.69, 9.17) is 19.9 Å². The van der Waals surface area contributed by atoms with E-state index in [9.17, 15) is 44.4 Å². The monoisotopic (exact) mass is 708 g/mol. The third-order valence-corrected chi connectivity index (χ3v) is 9.77. The van der Waals surface area contributed by atoms with Crippen molar-refractivity contribution in [2.75, 3.05) is 0 Å². The van der Waals surface area contributed by atoms with Crippen LogP contribution in [0.3, 0.4) is 0 Å². The number of nitrogens with one attached hydrogen (secondary N) is 1. The fourth-order valence-corrected chi connectivity index (χ4v) is 6.96. The number of allylic oxidation sites excluding steroid dienone is 3. The minimum Gasteiger partial charge on any atom is -0.657 e. The Morgan fingerprint density at radius 2 is 1.62 bits per heavy atom. The summed E-state index contributed by atoms with van der Waals surface area (Å²) >= 11 is 0. The molecular weight excluding hydrogens is 670 g/mol. The first-order valence-electron chi connectivity index (χ1n) is 16.7. The highest BCUT2D eigenvalue weighted by Crippen LogP contribution is 2.43. The Labute approximate surface area is 302 Å². The predicted octanol–water partition coefficient (Wildman–Crippen LogP) is -0.0955. The van der Waals surface area contributed by atoms with Crippen molar-refractivity contribution in [3.63, 3.8) is 0 Å². The second-order valence-corrected chi connectivity index (χ2v) is 12.9. The van der Waals surface area contributed by atoms with Gasteiger partial charge in [-0.1, -0.05) is 55.3 Å². The molecule has 0 fully saturated rings.